The van der Waals surface area contributed by atoms with Gasteiger partial charge in [-0.25, -0.2) is 48.7 Å². The van der Waals surface area contributed by atoms with Crippen LogP contribution in [-0.4, -0.2) is 98.1 Å². The molecule has 9 aromatic rings. The molecule has 21 nitrogen and oxygen atoms in total. The Morgan fingerprint density at radius 1 is 0.329 bits per heavy atom. The number of benzene rings is 1. The Balaban J connectivity index is 0.000000255. The van der Waals surface area contributed by atoms with Crippen molar-refractivity contribution in [2.75, 3.05) is 6.61 Å². The van der Waals surface area contributed by atoms with Gasteiger partial charge in [0.25, 0.3) is 0 Å². The molecular weight excluding hydrogens is 1030 g/mol. The van der Waals surface area contributed by atoms with Gasteiger partial charge in [-0.1, -0.05) is 0 Å². The number of nitrogens with zero attached hydrogens (tertiary/aromatic N) is 8. The van der Waals surface area contributed by atoms with Crippen molar-refractivity contribution in [2.24, 2.45) is 0 Å². The average Bonchev–Trinajstić information content (AvgIpc) is 4.27. The fourth-order valence-electron chi connectivity index (χ4n) is 8.38. The van der Waals surface area contributed by atoms with E-state index < -0.39 is 69.2 Å². The largest absolute Gasteiger partial charge is 0.628 e. The summed E-state index contributed by atoms with van der Waals surface area (Å²) in [5.41, 5.74) is 0.330. The molecule has 0 amide bonds. The average molecular weight is 1070 g/mol. The maximum absolute atomic E-state index is 11.2. The van der Waals surface area contributed by atoms with Crippen LogP contribution in [0.15, 0.2) is 147 Å². The first-order valence-corrected chi connectivity index (χ1v) is 22.1. The second-order valence-electron chi connectivity index (χ2n) is 15.7. The van der Waals surface area contributed by atoms with Gasteiger partial charge in [-0.05, 0) is 52.5 Å². The quantitative estimate of drug-likeness (QED) is 0.0669. The van der Waals surface area contributed by atoms with Crippen LogP contribution >= 0.6 is 0 Å². The molecule has 0 saturated carbocycles. The first-order chi connectivity index (χ1) is 36.1. The molecule has 7 N–H and O–H groups in total. The van der Waals surface area contributed by atoms with Crippen LogP contribution in [0.4, 0.5) is 0 Å². The van der Waals surface area contributed by atoms with Crippen molar-refractivity contribution in [3.63, 3.8) is 0 Å². The summed E-state index contributed by atoms with van der Waals surface area (Å²) in [6.45, 7) is 1.93. The minimum atomic E-state index is -2.26. The molecule has 76 heavy (non-hydrogen) atoms. The molecule has 0 spiro atoms. The first kappa shape index (κ1) is 53.6. The normalized spacial score (nSPS) is 11.5. The summed E-state index contributed by atoms with van der Waals surface area (Å²) >= 11 is 0. The number of aliphatic hydroxyl groups is 1. The number of hydrogen-bond donors (Lipinski definition) is 7. The summed E-state index contributed by atoms with van der Waals surface area (Å²) in [5, 5.41) is 61.7. The number of aromatic carboxylic acids is 6. The Morgan fingerprint density at radius 3 is 0.579 bits per heavy atom. The van der Waals surface area contributed by atoms with Crippen LogP contribution in [-0.2, 0) is 19.5 Å². The molecule has 1 aliphatic rings. The Morgan fingerprint density at radius 2 is 0.461 bits per heavy atom. The molecule has 0 atom stereocenters. The van der Waals surface area contributed by atoms with Gasteiger partial charge < -0.3 is 55.7 Å². The fourth-order valence-corrected chi connectivity index (χ4v) is 8.38. The van der Waals surface area contributed by atoms with E-state index in [4.69, 9.17) is 55.7 Å². The molecule has 0 unspecified atom stereocenters. The number of hydrogen-bond acceptors (Lipinski definition) is 11. The number of carboxylic acids is 6. The number of aromatic nitrogens is 8. The number of carboxylic acid groups (broad SMARTS) is 6. The second-order valence-corrected chi connectivity index (χ2v) is 15.7. The van der Waals surface area contributed by atoms with Gasteiger partial charge in [-0.3, -0.25) is 0 Å². The molecule has 8 aromatic heterocycles. The topological polar surface area (TPSA) is 352 Å². The minimum absolute atomic E-state index is 0. The number of aliphatic hydroxyl groups excluding tert-OH is 1. The third-order valence-corrected chi connectivity index (χ3v) is 11.3. The van der Waals surface area contributed by atoms with E-state index in [0.717, 1.165) is 91.5 Å². The van der Waals surface area contributed by atoms with Crippen LogP contribution in [0, 0.1) is 23.7 Å². The van der Waals surface area contributed by atoms with Gasteiger partial charge in [0.2, 0.25) is 0 Å². The Kier molecular flexibility index (Phi) is 16.3. The van der Waals surface area contributed by atoms with Crippen molar-refractivity contribution >= 4 is 35.8 Å². The molecule has 0 fully saturated rings. The van der Waals surface area contributed by atoms with Crippen LogP contribution in [0.1, 0.15) is 137 Å². The van der Waals surface area contributed by atoms with Crippen LogP contribution in [0.3, 0.4) is 0 Å². The molecule has 8 bridgehead atoms. The second kappa shape index (κ2) is 23.1. The minimum Gasteiger partial charge on any atom is -0.628 e. The molecule has 0 radical (unpaired) electrons. The third kappa shape index (κ3) is 10.6. The van der Waals surface area contributed by atoms with E-state index >= 15 is 0 Å². The molecule has 1 aromatic carbocycles. The van der Waals surface area contributed by atoms with Crippen LogP contribution in [0.25, 0.3) is 0 Å². The number of fused-ring (bicyclic) bond motifs is 8. The van der Waals surface area contributed by atoms with E-state index in [1.807, 2.05) is 48.5 Å². The maximum Gasteiger partial charge on any atom is 0.337 e. The number of carbonyl (C=O) groups is 6. The van der Waals surface area contributed by atoms with Gasteiger partial charge in [0.05, 0.1) is 105 Å². The molecule has 0 saturated heterocycles. The first-order valence-electron chi connectivity index (χ1n) is 22.1. The summed E-state index contributed by atoms with van der Waals surface area (Å²) in [5.74, 6) is -9.91. The fraction of sp³-hybridized carbons (Fsp3) is 0.0370. The summed E-state index contributed by atoms with van der Waals surface area (Å²) in [7, 11) is 0. The third-order valence-electron chi connectivity index (χ3n) is 11.3. The van der Waals surface area contributed by atoms with E-state index in [9.17, 15) is 28.8 Å². The zero-order valence-corrected chi connectivity index (χ0v) is 42.4. The van der Waals surface area contributed by atoms with E-state index in [1.165, 1.54) is 0 Å². The molecular formula is C54H36N8O13Zn. The standard InChI is InChI=1S/C40H24N8.C12H6O12.C2H6O.Zn/c1-2-30-38(26-11-19-42-20-12-26)32-5-6-34(47-32)40(28-15-23-44-24-16-28)36-8-7-35(48-36)39(27-13-21-43-22-14-27)33-4-3-31(46-33)37(29(1)45-30)25-9-17-41-18-10-25;13-7(14)1-2(8(15)16)4(10(19)20)6(12(23)24)5(11(21)22)3(1)9(17)18;1-2-3;/h1-24H;(H,13,14)(H,15,16)(H,17,18)(H,19,20)(H,21,22)(H,23,24);3H,2H2,1H3;. The van der Waals surface area contributed by atoms with Crippen molar-refractivity contribution in [1.29, 1.82) is 0 Å². The van der Waals surface area contributed by atoms with Gasteiger partial charge in [0.15, 0.2) is 0 Å². The molecule has 372 valence electrons. The maximum atomic E-state index is 11.2. The van der Waals surface area contributed by atoms with E-state index in [2.05, 4.69) is 68.5 Å². The van der Waals surface area contributed by atoms with Crippen molar-refractivity contribution < 1.29 is 84.0 Å². The Bertz CT molecular complexity index is 2960. The van der Waals surface area contributed by atoms with E-state index in [0.29, 0.717) is 0 Å². The smallest absolute Gasteiger partial charge is 0.337 e. The SMILES string of the molecule is CCO.O=C(O)c1c(C(=O)O)c(C(=O)O)c(C(=O)O)c(C(=O)O)c1C(=O)O.[Zn].c1cc([C+]2c3ccc([n-]3)[C+](c3ccncc3)c3ccc([n-]3)[C+](c3ccncc3)c3ccc([n-]3)[C+](c3ccncc3)c3ccc2[n-]3)ccn1. The molecule has 9 heterocycles. The van der Waals surface area contributed by atoms with Gasteiger partial charge in [-0.15, -0.1) is 0 Å². The zero-order valence-electron chi connectivity index (χ0n) is 39.4. The van der Waals surface area contributed by atoms with Crippen LogP contribution in [0.5, 0.6) is 0 Å². The van der Waals surface area contributed by atoms with Crippen LogP contribution in [0.2, 0.25) is 0 Å². The van der Waals surface area contributed by atoms with E-state index in [1.54, 1.807) is 56.5 Å². The summed E-state index contributed by atoms with van der Waals surface area (Å²) in [6, 6.07) is 32.3. The van der Waals surface area contributed by atoms with Crippen molar-refractivity contribution in [1.82, 2.24) is 39.9 Å². The van der Waals surface area contributed by atoms with Gasteiger partial charge >= 0.3 is 35.8 Å². The monoisotopic (exact) mass is 1070 g/mol. The molecule has 0 aliphatic carbocycles. The molecule has 1 aliphatic heterocycles. The predicted molar refractivity (Wildman–Crippen MR) is 259 cm³/mol. The summed E-state index contributed by atoms with van der Waals surface area (Å²) in [4.78, 5) is 105. The predicted octanol–water partition coefficient (Wildman–Crippen LogP) is 5.36. The number of rotatable bonds is 10. The van der Waals surface area contributed by atoms with Crippen LogP contribution < -0.4 is 19.9 Å². The molecule has 22 heteroatoms. The van der Waals surface area contributed by atoms with Crippen molar-refractivity contribution in [2.45, 2.75) is 6.92 Å². The Hall–Kier alpha value is -10.2. The number of pyridine rings is 4. The summed E-state index contributed by atoms with van der Waals surface area (Å²) in [6.07, 6.45) is 14.3. The van der Waals surface area contributed by atoms with Gasteiger partial charge in [0.1, 0.15) is 0 Å². The van der Waals surface area contributed by atoms with Gasteiger partial charge in [0, 0.05) is 147 Å². The van der Waals surface area contributed by atoms with Crippen molar-refractivity contribution in [3.05, 3.63) is 271 Å². The van der Waals surface area contributed by atoms with Crippen molar-refractivity contribution in [3.8, 4) is 0 Å². The molecule has 10 rings (SSSR count). The Labute approximate surface area is 442 Å². The summed E-state index contributed by atoms with van der Waals surface area (Å²) < 4.78 is 0. The van der Waals surface area contributed by atoms with E-state index in [-0.39, 0.29) is 26.1 Å². The zero-order chi connectivity index (χ0) is 53.5. The van der Waals surface area contributed by atoms with Gasteiger partial charge in [-0.2, -0.15) is 0 Å².